The maximum atomic E-state index is 13.8. The van der Waals surface area contributed by atoms with Crippen LogP contribution in [0.25, 0.3) is 0 Å². The molecule has 2 aromatic rings. The van der Waals surface area contributed by atoms with Crippen molar-refractivity contribution >= 4 is 5.84 Å². The molecule has 0 radical (unpaired) electrons. The number of hydrogen-bond acceptors (Lipinski definition) is 3. The topological polar surface area (TPSA) is 33.6 Å². The number of nitrogens with one attached hydrogen (secondary N) is 1. The highest BCUT2D eigenvalue weighted by Crippen LogP contribution is 2.34. The second-order valence-corrected chi connectivity index (χ2v) is 6.85. The molecule has 1 aliphatic carbocycles. The predicted octanol–water partition coefficient (Wildman–Crippen LogP) is 4.88. The number of rotatable bonds is 5. The molecular formula is C22H19F3N2O. The van der Waals surface area contributed by atoms with Crippen LogP contribution in [0.2, 0.25) is 0 Å². The Morgan fingerprint density at radius 2 is 1.82 bits per heavy atom. The minimum atomic E-state index is -0.385. The monoisotopic (exact) mass is 384 g/mol. The summed E-state index contributed by atoms with van der Waals surface area (Å²) in [6.07, 6.45) is 5.45. The van der Waals surface area contributed by atoms with Crippen molar-refractivity contribution in [1.82, 2.24) is 5.32 Å². The van der Waals surface area contributed by atoms with Gasteiger partial charge in [0.25, 0.3) is 0 Å². The molecule has 2 aliphatic rings. The molecule has 0 fully saturated rings. The van der Waals surface area contributed by atoms with Gasteiger partial charge in [-0.25, -0.2) is 13.2 Å². The van der Waals surface area contributed by atoms with Crippen molar-refractivity contribution in [3.05, 3.63) is 89.8 Å². The minimum Gasteiger partial charge on any atom is -0.486 e. The molecule has 0 aromatic heterocycles. The summed E-state index contributed by atoms with van der Waals surface area (Å²) in [5, 5.41) is 3.30. The molecule has 3 nitrogen and oxygen atoms in total. The minimum absolute atomic E-state index is 0.112. The lowest BCUT2D eigenvalue weighted by molar-refractivity contribution is 0.366. The summed E-state index contributed by atoms with van der Waals surface area (Å²) in [6.45, 7) is 0.112. The lowest BCUT2D eigenvalue weighted by Gasteiger charge is -2.27. The smallest absolute Gasteiger partial charge is 0.145 e. The van der Waals surface area contributed by atoms with Crippen LogP contribution in [0.15, 0.2) is 77.6 Å². The molecule has 0 bridgehead atoms. The summed E-state index contributed by atoms with van der Waals surface area (Å²) in [4.78, 5) is 4.66. The van der Waals surface area contributed by atoms with E-state index in [0.29, 0.717) is 23.6 Å². The first kappa shape index (κ1) is 18.3. The van der Waals surface area contributed by atoms with Crippen LogP contribution in [0.3, 0.4) is 0 Å². The molecule has 6 heteroatoms. The van der Waals surface area contributed by atoms with Gasteiger partial charge in [0, 0.05) is 12.0 Å². The Morgan fingerprint density at radius 3 is 2.57 bits per heavy atom. The number of hydrogen-bond donors (Lipinski definition) is 1. The van der Waals surface area contributed by atoms with Crippen molar-refractivity contribution < 1.29 is 17.9 Å². The second-order valence-electron chi connectivity index (χ2n) is 6.85. The number of ether oxygens (including phenoxy) is 1. The van der Waals surface area contributed by atoms with Crippen molar-refractivity contribution in [2.24, 2.45) is 10.9 Å². The fraction of sp³-hybridized carbons (Fsp3) is 0.227. The maximum Gasteiger partial charge on any atom is 0.145 e. The van der Waals surface area contributed by atoms with E-state index in [1.54, 1.807) is 36.4 Å². The summed E-state index contributed by atoms with van der Waals surface area (Å²) >= 11 is 0. The lowest BCUT2D eigenvalue weighted by Crippen LogP contribution is -2.39. The third kappa shape index (κ3) is 4.11. The van der Waals surface area contributed by atoms with Gasteiger partial charge in [-0.2, -0.15) is 0 Å². The first-order valence-corrected chi connectivity index (χ1v) is 9.09. The first-order valence-electron chi connectivity index (χ1n) is 9.09. The average molecular weight is 384 g/mol. The van der Waals surface area contributed by atoms with E-state index >= 15 is 0 Å². The summed E-state index contributed by atoms with van der Waals surface area (Å²) < 4.78 is 46.5. The van der Waals surface area contributed by atoms with Crippen molar-refractivity contribution in [2.75, 3.05) is 6.61 Å². The normalized spacial score (nSPS) is 23.8. The Hall–Kier alpha value is -3.02. The van der Waals surface area contributed by atoms with Gasteiger partial charge in [-0.15, -0.1) is 0 Å². The number of aliphatic imine (C=N–C) groups is 1. The lowest BCUT2D eigenvalue weighted by atomic mass is 9.86. The van der Waals surface area contributed by atoms with Gasteiger partial charge in [0.05, 0.1) is 12.1 Å². The standard InChI is InChI=1S/C22H19F3N2O/c23-16-6-1-4-14(10-16)21-22(15-5-2-7-17(24)11-15)27-20(26-21)13-28-19-9-3-8-18(25)12-19/h1-4,6-12,15,21-22H,5,13H2,(H,26,27)/t15?,21-,22+/m1/s1. The van der Waals surface area contributed by atoms with Crippen molar-refractivity contribution in [3.8, 4) is 5.75 Å². The van der Waals surface area contributed by atoms with Crippen LogP contribution < -0.4 is 10.1 Å². The molecule has 2 aromatic carbocycles. The number of benzene rings is 2. The van der Waals surface area contributed by atoms with E-state index in [1.807, 2.05) is 0 Å². The number of halogens is 3. The molecule has 4 rings (SSSR count). The third-order valence-corrected chi connectivity index (χ3v) is 4.85. The number of amidine groups is 1. The SMILES string of the molecule is FC1=CC([C@@H]2NC(COc3cccc(F)c3)=N[C@@H]2c2cccc(F)c2)CC=C1. The van der Waals surface area contributed by atoms with E-state index < -0.39 is 0 Å². The molecule has 1 unspecified atom stereocenters. The number of allylic oxidation sites excluding steroid dienone is 3. The van der Waals surface area contributed by atoms with Gasteiger partial charge in [0.2, 0.25) is 0 Å². The van der Waals surface area contributed by atoms with Crippen molar-refractivity contribution in [2.45, 2.75) is 18.5 Å². The average Bonchev–Trinajstić information content (AvgIpc) is 3.11. The highest BCUT2D eigenvalue weighted by Gasteiger charge is 2.35. The van der Waals surface area contributed by atoms with Crippen LogP contribution in [0.4, 0.5) is 13.2 Å². The Morgan fingerprint density at radius 1 is 1.04 bits per heavy atom. The summed E-state index contributed by atoms with van der Waals surface area (Å²) in [6, 6.07) is 11.5. The van der Waals surface area contributed by atoms with Gasteiger partial charge in [0.1, 0.15) is 35.7 Å². The molecule has 0 spiro atoms. The third-order valence-electron chi connectivity index (χ3n) is 4.85. The second kappa shape index (κ2) is 7.92. The van der Waals surface area contributed by atoms with Crippen LogP contribution >= 0.6 is 0 Å². The zero-order valence-corrected chi connectivity index (χ0v) is 15.0. The van der Waals surface area contributed by atoms with E-state index in [2.05, 4.69) is 10.3 Å². The van der Waals surface area contributed by atoms with E-state index in [9.17, 15) is 13.2 Å². The molecule has 0 saturated heterocycles. The molecule has 28 heavy (non-hydrogen) atoms. The molecule has 3 atom stereocenters. The Kier molecular flexibility index (Phi) is 5.19. The van der Waals surface area contributed by atoms with Gasteiger partial charge >= 0.3 is 0 Å². The predicted molar refractivity (Wildman–Crippen MR) is 102 cm³/mol. The highest BCUT2D eigenvalue weighted by atomic mass is 19.1. The van der Waals surface area contributed by atoms with Crippen LogP contribution in [0, 0.1) is 17.6 Å². The molecule has 0 amide bonds. The highest BCUT2D eigenvalue weighted by molar-refractivity contribution is 5.86. The van der Waals surface area contributed by atoms with Crippen LogP contribution in [-0.2, 0) is 0 Å². The fourth-order valence-corrected chi connectivity index (χ4v) is 3.57. The van der Waals surface area contributed by atoms with E-state index in [1.165, 1.54) is 30.3 Å². The molecule has 0 saturated carbocycles. The van der Waals surface area contributed by atoms with Gasteiger partial charge in [-0.1, -0.05) is 24.3 Å². The Bertz CT molecular complexity index is 954. The zero-order valence-electron chi connectivity index (χ0n) is 15.0. The summed E-state index contributed by atoms with van der Waals surface area (Å²) in [5.41, 5.74) is 0.710. The van der Waals surface area contributed by atoms with E-state index in [-0.39, 0.29) is 42.1 Å². The van der Waals surface area contributed by atoms with E-state index in [4.69, 9.17) is 4.74 Å². The summed E-state index contributed by atoms with van der Waals surface area (Å²) in [5.74, 6) is -0.201. The molecule has 144 valence electrons. The zero-order chi connectivity index (χ0) is 19.5. The molecular weight excluding hydrogens is 365 g/mol. The molecule has 1 heterocycles. The van der Waals surface area contributed by atoms with Crippen molar-refractivity contribution in [1.29, 1.82) is 0 Å². The summed E-state index contributed by atoms with van der Waals surface area (Å²) in [7, 11) is 0. The van der Waals surface area contributed by atoms with Gasteiger partial charge < -0.3 is 10.1 Å². The van der Waals surface area contributed by atoms with E-state index in [0.717, 1.165) is 0 Å². The van der Waals surface area contributed by atoms with Crippen LogP contribution in [-0.4, -0.2) is 18.5 Å². The van der Waals surface area contributed by atoms with Gasteiger partial charge in [-0.05, 0) is 48.4 Å². The van der Waals surface area contributed by atoms with Crippen LogP contribution in [0.1, 0.15) is 18.0 Å². The van der Waals surface area contributed by atoms with Gasteiger partial charge in [0.15, 0.2) is 0 Å². The largest absolute Gasteiger partial charge is 0.486 e. The van der Waals surface area contributed by atoms with Gasteiger partial charge in [-0.3, -0.25) is 4.99 Å². The Balaban J connectivity index is 1.56. The number of nitrogens with zero attached hydrogens (tertiary/aromatic N) is 1. The quantitative estimate of drug-likeness (QED) is 0.797. The Labute approximate surface area is 161 Å². The fourth-order valence-electron chi connectivity index (χ4n) is 3.57. The van der Waals surface area contributed by atoms with Crippen molar-refractivity contribution in [3.63, 3.8) is 0 Å². The van der Waals surface area contributed by atoms with Crippen LogP contribution in [0.5, 0.6) is 5.75 Å². The first-order chi connectivity index (χ1) is 13.6. The molecule has 1 N–H and O–H groups in total. The molecule has 1 aliphatic heterocycles. The maximum absolute atomic E-state index is 13.8.